The van der Waals surface area contributed by atoms with Crippen LogP contribution in [-0.2, 0) is 0 Å². The van der Waals surface area contributed by atoms with Gasteiger partial charge >= 0.3 is 73.3 Å². The van der Waals surface area contributed by atoms with Crippen molar-refractivity contribution in [3.8, 4) is 0 Å². The van der Waals surface area contributed by atoms with E-state index in [1.54, 1.807) is 6.92 Å². The van der Waals surface area contributed by atoms with E-state index in [2.05, 4.69) is 9.81 Å². The summed E-state index contributed by atoms with van der Waals surface area (Å²) in [5, 5.41) is 9.18. The number of hydrogen-bond acceptors (Lipinski definition) is 2. The van der Waals surface area contributed by atoms with E-state index in [4.69, 9.17) is 7.96 Å². The van der Waals surface area contributed by atoms with Gasteiger partial charge < -0.3 is 5.11 Å². The first-order valence-corrected chi connectivity index (χ1v) is 12.5. The van der Waals surface area contributed by atoms with Gasteiger partial charge in [-0.1, -0.05) is 0 Å². The Morgan fingerprint density at radius 1 is 0.867 bits per heavy atom. The van der Waals surface area contributed by atoms with Crippen LogP contribution in [0.5, 0.6) is 0 Å². The van der Waals surface area contributed by atoms with Crippen molar-refractivity contribution >= 4 is 21.5 Å². The first-order valence-electron chi connectivity index (χ1n) is 9.31. The molecule has 1 aliphatic heterocycles. The SMILES string of the molecule is F[P-](F)(F)(F)(F)F.F[P-](F)(F)(F)(F)F.[2H]O/C(C)=[N+](/[2H])C1CCC([N+]2=N[C@H]3CC[C@@H]2C3)C1. The Morgan fingerprint density at radius 3 is 1.67 bits per heavy atom. The molecule has 2 unspecified atom stereocenters. The summed E-state index contributed by atoms with van der Waals surface area (Å²) in [7, 11) is -21.3. The van der Waals surface area contributed by atoms with Crippen molar-refractivity contribution in [3.63, 3.8) is 0 Å². The molecule has 2 saturated carbocycles. The minimum absolute atomic E-state index is 0.176. The fraction of sp³-hybridized carbons (Fsp3) is 0.917. The summed E-state index contributed by atoms with van der Waals surface area (Å²) in [5.41, 5.74) is 0. The second kappa shape index (κ2) is 6.79. The Labute approximate surface area is 165 Å². The third-order valence-corrected chi connectivity index (χ3v) is 4.16. The van der Waals surface area contributed by atoms with Crippen molar-refractivity contribution < 1.29 is 66.6 Å². The van der Waals surface area contributed by atoms with Crippen LogP contribution in [0.25, 0.3) is 1.43 Å². The van der Waals surface area contributed by atoms with E-state index in [0.29, 0.717) is 24.0 Å². The zero-order valence-electron chi connectivity index (χ0n) is 17.2. The molecule has 0 aromatic rings. The molecular weight excluding hydrogens is 492 g/mol. The van der Waals surface area contributed by atoms with Gasteiger partial charge in [0, 0.05) is 25.7 Å². The molecule has 4 nitrogen and oxygen atoms in total. The average Bonchev–Trinajstić information content (AvgIpc) is 3.22. The second-order valence-corrected chi connectivity index (χ2v) is 11.1. The fourth-order valence-electron chi connectivity index (χ4n) is 3.50. The van der Waals surface area contributed by atoms with E-state index in [0.717, 1.165) is 19.3 Å². The maximum Gasteiger partial charge on any atom is 0.449 e. The zero-order chi connectivity index (χ0) is 25.5. The Bertz CT molecular complexity index is 732. The summed E-state index contributed by atoms with van der Waals surface area (Å²) in [5.74, 6) is 0.362. The molecule has 3 aliphatic rings. The molecule has 2 N–H and O–H groups in total. The van der Waals surface area contributed by atoms with Gasteiger partial charge in [0.25, 0.3) is 1.43 Å². The fourth-order valence-corrected chi connectivity index (χ4v) is 3.50. The third-order valence-electron chi connectivity index (χ3n) is 4.16. The molecule has 0 spiro atoms. The van der Waals surface area contributed by atoms with Crippen LogP contribution in [0.3, 0.4) is 0 Å². The van der Waals surface area contributed by atoms with Crippen molar-refractivity contribution in [2.75, 3.05) is 0 Å². The molecule has 0 aromatic carbocycles. The number of azo groups is 2. The summed E-state index contributed by atoms with van der Waals surface area (Å²) >= 11 is 0. The number of rotatable bonds is 2. The molecule has 1 heterocycles. The van der Waals surface area contributed by atoms with E-state index in [9.17, 15) is 50.4 Å². The van der Waals surface area contributed by atoms with E-state index in [1.165, 1.54) is 24.2 Å². The number of hydrogen-bond donors (Lipinski definition) is 2. The maximum atomic E-state index is 9.87. The summed E-state index contributed by atoms with van der Waals surface area (Å²) in [6, 6.07) is 1.91. The summed E-state index contributed by atoms with van der Waals surface area (Å²) in [6.45, 7) is 1.68. The Kier molecular flexibility index (Phi) is 5.38. The first kappa shape index (κ1) is 23.7. The Hall–Kier alpha value is -0.910. The quantitative estimate of drug-likeness (QED) is 0.133. The molecular formula is C12H21F12N3OP2. The second-order valence-electron chi connectivity index (χ2n) is 7.30. The molecule has 0 saturated heterocycles. The predicted octanol–water partition coefficient (Wildman–Crippen LogP) is 7.13. The number of aliphatic hydroxyl groups excluding tert-OH is 1. The number of fused-ring (bicyclic) bond motifs is 2. The molecule has 184 valence electrons. The molecule has 4 atom stereocenters. The normalized spacial score (nSPS) is 34.8. The van der Waals surface area contributed by atoms with Crippen molar-refractivity contribution in [1.82, 2.24) is 0 Å². The summed E-state index contributed by atoms with van der Waals surface area (Å²) < 4.78 is 136. The standard InChI is InChI=1S/C12H19N3O.2F6P/c1-8(16)13-9-2-4-11(6-9)15-12-5-3-10(7-12)14-15;2*1-7(2,3,4,5)6/h9-12H,2-7H2,1H3;;/q;2*-1/p+2/t9?,10-,11?,12+;;/m0../s1/i/hD2. The molecule has 18 heteroatoms. The van der Waals surface area contributed by atoms with Gasteiger partial charge in [0.1, 0.15) is 6.04 Å². The number of nitrogens with one attached hydrogen (secondary N) is 1. The maximum absolute atomic E-state index is 10.7. The number of halogens is 12. The largest absolute Gasteiger partial charge is 0.464 e. The van der Waals surface area contributed by atoms with Crippen LogP contribution in [0.2, 0.25) is 1.41 Å². The van der Waals surface area contributed by atoms with Crippen molar-refractivity contribution in [2.45, 2.75) is 69.6 Å². The van der Waals surface area contributed by atoms with Gasteiger partial charge in [-0.2, -0.15) is 0 Å². The van der Waals surface area contributed by atoms with Crippen LogP contribution < -0.4 is 4.99 Å². The molecule has 0 radical (unpaired) electrons. The summed E-state index contributed by atoms with van der Waals surface area (Å²) in [6.07, 6.45) is 6.88. The van der Waals surface area contributed by atoms with Gasteiger partial charge in [0.05, 0.1) is 13.3 Å². The molecule has 2 bridgehead atoms. The van der Waals surface area contributed by atoms with Gasteiger partial charge in [0.2, 0.25) is 0 Å². The van der Waals surface area contributed by atoms with Gasteiger partial charge in [-0.15, -0.1) is 4.70 Å². The first-order chi connectivity index (χ1) is 13.6. The minimum Gasteiger partial charge on any atom is -0.464 e. The van der Waals surface area contributed by atoms with Crippen molar-refractivity contribution in [1.29, 1.82) is 1.43 Å². The van der Waals surface area contributed by atoms with Gasteiger partial charge in [-0.05, 0) is 11.5 Å². The number of aliphatic hydroxyl groups is 1. The van der Waals surface area contributed by atoms with Gasteiger partial charge in [-0.3, -0.25) is 0 Å². The molecule has 0 amide bonds. The van der Waals surface area contributed by atoms with Crippen LogP contribution in [0, 0.1) is 0 Å². The smallest absolute Gasteiger partial charge is 0.449 e. The molecule has 3 rings (SSSR count). The monoisotopic (exact) mass is 515 g/mol. The molecule has 2 fully saturated rings. The average molecular weight is 515 g/mol. The predicted molar refractivity (Wildman–Crippen MR) is 87.0 cm³/mol. The van der Waals surface area contributed by atoms with Gasteiger partial charge in [-0.25, -0.2) is 4.99 Å². The Morgan fingerprint density at radius 2 is 1.30 bits per heavy atom. The van der Waals surface area contributed by atoms with Crippen molar-refractivity contribution in [2.24, 2.45) is 5.11 Å². The van der Waals surface area contributed by atoms with Crippen molar-refractivity contribution in [3.05, 3.63) is 0 Å². The van der Waals surface area contributed by atoms with E-state index >= 15 is 0 Å². The zero-order valence-corrected chi connectivity index (χ0v) is 17.0. The molecule has 30 heavy (non-hydrogen) atoms. The van der Waals surface area contributed by atoms with Crippen LogP contribution in [0.1, 0.15) is 45.4 Å². The number of nitrogens with zero attached hydrogens (tertiary/aromatic N) is 2. The van der Waals surface area contributed by atoms with E-state index < -0.39 is 15.6 Å². The van der Waals surface area contributed by atoms with Crippen LogP contribution in [-0.4, -0.2) is 39.9 Å². The minimum atomic E-state index is -10.7. The van der Waals surface area contributed by atoms with E-state index in [-0.39, 0.29) is 6.04 Å². The topological polar surface area (TPSA) is 49.6 Å². The summed E-state index contributed by atoms with van der Waals surface area (Å²) in [4.78, 5) is 1.36. The molecule has 2 aliphatic carbocycles. The van der Waals surface area contributed by atoms with Crippen LogP contribution >= 0.6 is 15.6 Å². The third kappa shape index (κ3) is 16.8. The van der Waals surface area contributed by atoms with Crippen LogP contribution in [0.15, 0.2) is 5.11 Å². The van der Waals surface area contributed by atoms with Gasteiger partial charge in [0.15, 0.2) is 18.1 Å². The molecule has 0 aromatic heterocycles. The Balaban J connectivity index is 0.000000305. The van der Waals surface area contributed by atoms with E-state index in [1.807, 2.05) is 0 Å². The van der Waals surface area contributed by atoms with Crippen LogP contribution in [0.4, 0.5) is 50.4 Å².